The maximum Gasteiger partial charge on any atom is 0.418 e. The Hall–Kier alpha value is -1.86. The van der Waals surface area contributed by atoms with Crippen molar-refractivity contribution in [2.75, 3.05) is 12.4 Å². The maximum atomic E-state index is 12.9. The van der Waals surface area contributed by atoms with Crippen molar-refractivity contribution in [3.8, 4) is 5.75 Å². The molecule has 0 saturated carbocycles. The lowest BCUT2D eigenvalue weighted by atomic mass is 10.2. The third kappa shape index (κ3) is 5.65. The van der Waals surface area contributed by atoms with Gasteiger partial charge in [0.05, 0.1) is 17.9 Å². The van der Waals surface area contributed by atoms with Crippen molar-refractivity contribution in [1.29, 1.82) is 0 Å². The Bertz CT molecular complexity index is 705. The second-order valence-corrected chi connectivity index (χ2v) is 6.17. The van der Waals surface area contributed by atoms with Crippen LogP contribution >= 0.6 is 23.4 Å². The van der Waals surface area contributed by atoms with Crippen LogP contribution in [-0.2, 0) is 6.18 Å². The zero-order valence-electron chi connectivity index (χ0n) is 12.4. The number of halogens is 4. The summed E-state index contributed by atoms with van der Waals surface area (Å²) >= 11 is 6.89. The van der Waals surface area contributed by atoms with E-state index < -0.39 is 11.7 Å². The van der Waals surface area contributed by atoms with Crippen molar-refractivity contribution in [3.05, 3.63) is 59.1 Å². The average molecular weight is 375 g/mol. The molecule has 2 aromatic carbocycles. The Morgan fingerprint density at radius 1 is 1.12 bits per heavy atom. The first-order chi connectivity index (χ1) is 11.4. The van der Waals surface area contributed by atoms with Crippen LogP contribution in [0.5, 0.6) is 5.75 Å². The highest BCUT2D eigenvalue weighted by Gasteiger charge is 2.33. The Kier molecular flexibility index (Phi) is 6.39. The van der Waals surface area contributed by atoms with Crippen LogP contribution < -0.4 is 10.5 Å². The Morgan fingerprint density at radius 3 is 2.46 bits per heavy atom. The number of para-hydroxylation sites is 1. The van der Waals surface area contributed by atoms with Crippen LogP contribution in [0.1, 0.15) is 5.56 Å². The van der Waals surface area contributed by atoms with Gasteiger partial charge in [0.2, 0.25) is 0 Å². The van der Waals surface area contributed by atoms with Crippen molar-refractivity contribution in [3.63, 3.8) is 0 Å². The van der Waals surface area contributed by atoms with Crippen LogP contribution in [-0.4, -0.2) is 17.5 Å². The number of amidine groups is 1. The molecule has 0 spiro atoms. The summed E-state index contributed by atoms with van der Waals surface area (Å²) < 4.78 is 44.1. The van der Waals surface area contributed by atoms with E-state index in [-0.39, 0.29) is 10.9 Å². The minimum absolute atomic E-state index is 0.0476. The summed E-state index contributed by atoms with van der Waals surface area (Å²) in [5.74, 6) is 1.10. The van der Waals surface area contributed by atoms with E-state index in [1.807, 2.05) is 0 Å². The van der Waals surface area contributed by atoms with Crippen LogP contribution in [0.4, 0.5) is 18.9 Å². The van der Waals surface area contributed by atoms with Gasteiger partial charge < -0.3 is 10.5 Å². The van der Waals surface area contributed by atoms with E-state index in [0.29, 0.717) is 23.1 Å². The lowest BCUT2D eigenvalue weighted by Crippen LogP contribution is -2.11. The van der Waals surface area contributed by atoms with Gasteiger partial charge in [-0.2, -0.15) is 13.2 Å². The number of ether oxygens (including phenoxy) is 1. The van der Waals surface area contributed by atoms with E-state index in [9.17, 15) is 13.2 Å². The number of alkyl halides is 3. The summed E-state index contributed by atoms with van der Waals surface area (Å²) in [5, 5.41) is 0.655. The SMILES string of the molecule is NC(=Nc1ccccc1C(F)(F)F)SCCOc1ccc(Cl)cc1. The van der Waals surface area contributed by atoms with Crippen molar-refractivity contribution in [2.45, 2.75) is 6.18 Å². The van der Waals surface area contributed by atoms with Gasteiger partial charge in [-0.05, 0) is 36.4 Å². The molecule has 0 heterocycles. The Labute approximate surface area is 146 Å². The highest BCUT2D eigenvalue weighted by molar-refractivity contribution is 8.13. The number of hydrogen-bond donors (Lipinski definition) is 1. The molecule has 24 heavy (non-hydrogen) atoms. The van der Waals surface area contributed by atoms with E-state index >= 15 is 0 Å². The number of nitrogens with zero attached hydrogens (tertiary/aromatic N) is 1. The van der Waals surface area contributed by atoms with Crippen LogP contribution in [0.2, 0.25) is 5.02 Å². The number of aliphatic imine (C=N–C) groups is 1. The molecule has 0 saturated heterocycles. The second-order valence-electron chi connectivity index (χ2n) is 4.62. The number of hydrogen-bond acceptors (Lipinski definition) is 3. The second kappa shape index (κ2) is 8.30. The molecule has 0 radical (unpaired) electrons. The van der Waals surface area contributed by atoms with E-state index in [0.717, 1.165) is 17.8 Å². The molecule has 128 valence electrons. The molecular formula is C16H14ClF3N2OS. The Morgan fingerprint density at radius 2 is 1.79 bits per heavy atom. The molecule has 8 heteroatoms. The van der Waals surface area contributed by atoms with Crippen molar-refractivity contribution >= 4 is 34.2 Å². The van der Waals surface area contributed by atoms with Gasteiger partial charge in [0.1, 0.15) is 5.75 Å². The fourth-order valence-corrected chi connectivity index (χ4v) is 2.46. The predicted octanol–water partition coefficient (Wildman–Crippen LogP) is 5.12. The third-order valence-electron chi connectivity index (χ3n) is 2.86. The molecule has 0 aromatic heterocycles. The average Bonchev–Trinajstić information content (AvgIpc) is 2.53. The topological polar surface area (TPSA) is 47.6 Å². The van der Waals surface area contributed by atoms with Gasteiger partial charge in [0.25, 0.3) is 0 Å². The standard InChI is InChI=1S/C16H14ClF3N2OS/c17-11-5-7-12(8-6-11)23-9-10-24-15(21)22-14-4-2-1-3-13(14)16(18,19)20/h1-8H,9-10H2,(H2,21,22). The summed E-state index contributed by atoms with van der Waals surface area (Å²) in [5.41, 5.74) is 4.68. The molecule has 3 nitrogen and oxygen atoms in total. The molecule has 0 bridgehead atoms. The number of thioether (sulfide) groups is 1. The van der Waals surface area contributed by atoms with E-state index in [2.05, 4.69) is 4.99 Å². The summed E-state index contributed by atoms with van der Waals surface area (Å²) in [6, 6.07) is 11.9. The summed E-state index contributed by atoms with van der Waals surface area (Å²) in [4.78, 5) is 3.85. The van der Waals surface area contributed by atoms with Crippen LogP contribution in [0.25, 0.3) is 0 Å². The first-order valence-electron chi connectivity index (χ1n) is 6.88. The highest BCUT2D eigenvalue weighted by atomic mass is 35.5. The van der Waals surface area contributed by atoms with Gasteiger partial charge in [-0.15, -0.1) is 0 Å². The van der Waals surface area contributed by atoms with Gasteiger partial charge >= 0.3 is 6.18 Å². The van der Waals surface area contributed by atoms with Gasteiger partial charge in [-0.1, -0.05) is 35.5 Å². The molecule has 2 aromatic rings. The fraction of sp³-hybridized carbons (Fsp3) is 0.188. The van der Waals surface area contributed by atoms with Gasteiger partial charge in [-0.25, -0.2) is 4.99 Å². The van der Waals surface area contributed by atoms with Gasteiger partial charge in [-0.3, -0.25) is 0 Å². The normalized spacial score (nSPS) is 12.2. The van der Waals surface area contributed by atoms with E-state index in [1.54, 1.807) is 24.3 Å². The zero-order valence-corrected chi connectivity index (χ0v) is 14.0. The minimum Gasteiger partial charge on any atom is -0.493 e. The molecule has 0 atom stereocenters. The minimum atomic E-state index is -4.47. The lowest BCUT2D eigenvalue weighted by Gasteiger charge is -2.10. The van der Waals surface area contributed by atoms with Crippen LogP contribution in [0, 0.1) is 0 Å². The monoisotopic (exact) mass is 374 g/mol. The first-order valence-corrected chi connectivity index (χ1v) is 8.24. The first kappa shape index (κ1) is 18.5. The van der Waals surface area contributed by atoms with E-state index in [1.165, 1.54) is 18.2 Å². The molecule has 0 amide bonds. The molecule has 0 aliphatic heterocycles. The van der Waals surface area contributed by atoms with E-state index in [4.69, 9.17) is 22.1 Å². The van der Waals surface area contributed by atoms with Gasteiger partial charge in [0.15, 0.2) is 5.17 Å². The van der Waals surface area contributed by atoms with Crippen molar-refractivity contribution in [2.24, 2.45) is 10.7 Å². The smallest absolute Gasteiger partial charge is 0.418 e. The molecule has 0 aliphatic carbocycles. The summed E-state index contributed by atoms with van der Waals surface area (Å²) in [7, 11) is 0. The molecule has 2 rings (SSSR count). The highest BCUT2D eigenvalue weighted by Crippen LogP contribution is 2.36. The zero-order chi connectivity index (χ0) is 17.6. The quantitative estimate of drug-likeness (QED) is 0.449. The fourth-order valence-electron chi connectivity index (χ4n) is 1.80. The molecular weight excluding hydrogens is 361 g/mol. The number of rotatable bonds is 5. The molecule has 0 fully saturated rings. The molecule has 2 N–H and O–H groups in total. The van der Waals surface area contributed by atoms with Crippen molar-refractivity contribution in [1.82, 2.24) is 0 Å². The number of nitrogens with two attached hydrogens (primary N) is 1. The van der Waals surface area contributed by atoms with Crippen molar-refractivity contribution < 1.29 is 17.9 Å². The maximum absolute atomic E-state index is 12.9. The third-order valence-corrected chi connectivity index (χ3v) is 3.87. The Balaban J connectivity index is 1.89. The van der Waals surface area contributed by atoms with Crippen LogP contribution in [0.15, 0.2) is 53.5 Å². The summed E-state index contributed by atoms with van der Waals surface area (Å²) in [6.45, 7) is 0.337. The molecule has 0 aliphatic rings. The van der Waals surface area contributed by atoms with Crippen LogP contribution in [0.3, 0.4) is 0 Å². The largest absolute Gasteiger partial charge is 0.493 e. The summed E-state index contributed by atoms with van der Waals surface area (Å²) in [6.07, 6.45) is -4.47. The predicted molar refractivity (Wildman–Crippen MR) is 92.1 cm³/mol. The molecule has 0 unspecified atom stereocenters. The number of benzene rings is 2. The van der Waals surface area contributed by atoms with Gasteiger partial charge in [0, 0.05) is 10.8 Å². The lowest BCUT2D eigenvalue weighted by molar-refractivity contribution is -0.137.